The summed E-state index contributed by atoms with van der Waals surface area (Å²) < 4.78 is 13.6. The Labute approximate surface area is 125 Å². The molecule has 0 radical (unpaired) electrons. The molecule has 0 unspecified atom stereocenters. The molecule has 2 aromatic rings. The molecule has 0 saturated heterocycles. The highest BCUT2D eigenvalue weighted by Crippen LogP contribution is 2.70. The fourth-order valence-corrected chi connectivity index (χ4v) is 6.28. The molecular weight excluding hydrogens is 279 g/mol. The number of aliphatic hydroxyl groups is 1. The number of allylic oxidation sites excluding steroid dienone is 1. The zero-order chi connectivity index (χ0) is 14.9. The van der Waals surface area contributed by atoms with Gasteiger partial charge in [-0.15, -0.1) is 0 Å². The van der Waals surface area contributed by atoms with E-state index in [9.17, 15) is 9.67 Å². The highest BCUT2D eigenvalue weighted by molar-refractivity contribution is 7.74. The first-order chi connectivity index (χ1) is 10.1. The average molecular weight is 298 g/mol. The van der Waals surface area contributed by atoms with Gasteiger partial charge >= 0.3 is 0 Å². The Hall–Kier alpha value is -1.79. The lowest BCUT2D eigenvalue weighted by Gasteiger charge is -2.21. The summed E-state index contributed by atoms with van der Waals surface area (Å²) in [6.07, 6.45) is 1.03. The van der Waals surface area contributed by atoms with Crippen molar-refractivity contribution in [2.75, 3.05) is 0 Å². The molecule has 21 heavy (non-hydrogen) atoms. The van der Waals surface area contributed by atoms with E-state index in [2.05, 4.69) is 0 Å². The van der Waals surface area contributed by atoms with Crippen LogP contribution in [0.15, 0.2) is 66.4 Å². The van der Waals surface area contributed by atoms with Gasteiger partial charge in [0.2, 0.25) is 0 Å². The summed E-state index contributed by atoms with van der Waals surface area (Å²) in [5.41, 5.74) is 1.95. The molecule has 1 aliphatic rings. The fourth-order valence-electron chi connectivity index (χ4n) is 3.03. The second-order valence-corrected chi connectivity index (χ2v) is 8.89. The first-order valence-electron chi connectivity index (χ1n) is 7.22. The fraction of sp³-hybridized carbons (Fsp3) is 0.222. The van der Waals surface area contributed by atoms with E-state index in [0.29, 0.717) is 23.7 Å². The van der Waals surface area contributed by atoms with Gasteiger partial charge in [0.15, 0.2) is 0 Å². The van der Waals surface area contributed by atoms with Crippen LogP contribution in [0.3, 0.4) is 0 Å². The van der Waals surface area contributed by atoms with Gasteiger partial charge in [0.1, 0.15) is 12.9 Å². The summed E-state index contributed by atoms with van der Waals surface area (Å²) >= 11 is 0. The van der Waals surface area contributed by atoms with E-state index < -0.39 is 7.14 Å². The van der Waals surface area contributed by atoms with E-state index in [0.717, 1.165) is 11.1 Å². The molecule has 0 aliphatic carbocycles. The van der Waals surface area contributed by atoms with Gasteiger partial charge < -0.3 is 9.67 Å². The Kier molecular flexibility index (Phi) is 3.73. The molecule has 0 aromatic heterocycles. The van der Waals surface area contributed by atoms with E-state index in [1.165, 1.54) is 0 Å². The number of hydrogen-bond donors (Lipinski definition) is 1. The summed E-state index contributed by atoms with van der Waals surface area (Å²) in [5, 5.41) is 11.0. The molecule has 0 fully saturated rings. The van der Waals surface area contributed by atoms with Gasteiger partial charge in [-0.3, -0.25) is 0 Å². The largest absolute Gasteiger partial charge is 0.511 e. The summed E-state index contributed by atoms with van der Waals surface area (Å²) in [6.45, 7) is 1.98. The third-order valence-corrected chi connectivity index (χ3v) is 7.87. The lowest BCUT2D eigenvalue weighted by Crippen LogP contribution is -2.01. The van der Waals surface area contributed by atoms with Crippen LogP contribution in [0, 0.1) is 0 Å². The van der Waals surface area contributed by atoms with Crippen molar-refractivity contribution in [1.82, 2.24) is 0 Å². The Morgan fingerprint density at radius 3 is 2.24 bits per heavy atom. The minimum atomic E-state index is -2.64. The number of benzene rings is 2. The van der Waals surface area contributed by atoms with Crippen LogP contribution in [0.1, 0.15) is 24.5 Å². The predicted molar refractivity (Wildman–Crippen MR) is 87.8 cm³/mol. The van der Waals surface area contributed by atoms with Crippen molar-refractivity contribution in [1.29, 1.82) is 0 Å². The van der Waals surface area contributed by atoms with Crippen molar-refractivity contribution < 1.29 is 9.67 Å². The topological polar surface area (TPSA) is 37.3 Å². The molecule has 3 heteroatoms. The normalized spacial score (nSPS) is 25.3. The van der Waals surface area contributed by atoms with Gasteiger partial charge in [-0.05, 0) is 11.1 Å². The van der Waals surface area contributed by atoms with Gasteiger partial charge in [0, 0.05) is 18.2 Å². The molecule has 1 N–H and O–H groups in total. The third kappa shape index (κ3) is 2.56. The first kappa shape index (κ1) is 14.2. The van der Waals surface area contributed by atoms with Crippen LogP contribution in [-0.2, 0) is 10.7 Å². The monoisotopic (exact) mass is 298 g/mol. The molecule has 0 amide bonds. The maximum Gasteiger partial charge on any atom is 0.126 e. The maximum absolute atomic E-state index is 13.6. The van der Waals surface area contributed by atoms with E-state index >= 15 is 0 Å². The van der Waals surface area contributed by atoms with E-state index in [1.54, 1.807) is 0 Å². The van der Waals surface area contributed by atoms with Crippen LogP contribution >= 0.6 is 7.14 Å². The number of hydrogen-bond acceptors (Lipinski definition) is 2. The lowest BCUT2D eigenvalue weighted by atomic mass is 10.2. The summed E-state index contributed by atoms with van der Waals surface area (Å²) in [4.78, 5) is 0. The Morgan fingerprint density at radius 2 is 1.62 bits per heavy atom. The summed E-state index contributed by atoms with van der Waals surface area (Å²) in [5.74, 6) is 0.299. The lowest BCUT2D eigenvalue weighted by molar-refractivity contribution is 0.396. The molecule has 0 bridgehead atoms. The zero-order valence-corrected chi connectivity index (χ0v) is 13.0. The van der Waals surface area contributed by atoms with Gasteiger partial charge in [-0.25, -0.2) is 0 Å². The predicted octanol–water partition coefficient (Wildman–Crippen LogP) is 5.27. The van der Waals surface area contributed by atoms with E-state index in [4.69, 9.17) is 0 Å². The van der Waals surface area contributed by atoms with Crippen LogP contribution < -0.4 is 0 Å². The average Bonchev–Trinajstić information content (AvgIpc) is 2.70. The van der Waals surface area contributed by atoms with Crippen molar-refractivity contribution in [3.63, 3.8) is 0 Å². The third-order valence-electron chi connectivity index (χ3n) is 4.16. The van der Waals surface area contributed by atoms with Crippen molar-refractivity contribution in [2.24, 2.45) is 0 Å². The van der Waals surface area contributed by atoms with Crippen molar-refractivity contribution in [2.45, 2.75) is 25.2 Å². The van der Waals surface area contributed by atoms with Gasteiger partial charge in [0.25, 0.3) is 0 Å². The van der Waals surface area contributed by atoms with Crippen LogP contribution in [0.2, 0.25) is 0 Å². The molecular formula is C18H19O2P. The smallest absolute Gasteiger partial charge is 0.126 e. The highest BCUT2D eigenvalue weighted by Gasteiger charge is 2.42. The molecule has 2 nitrogen and oxygen atoms in total. The van der Waals surface area contributed by atoms with Crippen molar-refractivity contribution in [3.05, 3.63) is 77.5 Å². The molecule has 2 aromatic carbocycles. The molecule has 0 spiro atoms. The SMILES string of the molecule is C[C@@H]1CC(O)=C(c2ccccc2)[P@]1(=O)Cc1ccccc1. The summed E-state index contributed by atoms with van der Waals surface area (Å²) in [7, 11) is -2.64. The van der Waals surface area contributed by atoms with Crippen LogP contribution in [-0.4, -0.2) is 10.8 Å². The van der Waals surface area contributed by atoms with Gasteiger partial charge in [-0.1, -0.05) is 67.6 Å². The van der Waals surface area contributed by atoms with Crippen LogP contribution in [0.25, 0.3) is 5.31 Å². The van der Waals surface area contributed by atoms with Crippen molar-refractivity contribution >= 4 is 12.5 Å². The molecule has 0 saturated carbocycles. The minimum Gasteiger partial charge on any atom is -0.511 e. The van der Waals surface area contributed by atoms with E-state index in [1.807, 2.05) is 67.6 Å². The molecule has 108 valence electrons. The molecule has 2 atom stereocenters. The Bertz CT molecular complexity index is 705. The van der Waals surface area contributed by atoms with Gasteiger partial charge in [-0.2, -0.15) is 0 Å². The quantitative estimate of drug-likeness (QED) is 0.784. The van der Waals surface area contributed by atoms with Crippen LogP contribution in [0.4, 0.5) is 0 Å². The highest BCUT2D eigenvalue weighted by atomic mass is 31.2. The Balaban J connectivity index is 2.05. The summed E-state index contributed by atoms with van der Waals surface area (Å²) in [6, 6.07) is 19.5. The second kappa shape index (κ2) is 5.54. The first-order valence-corrected chi connectivity index (χ1v) is 9.18. The van der Waals surface area contributed by atoms with Crippen molar-refractivity contribution in [3.8, 4) is 0 Å². The number of rotatable bonds is 3. The Morgan fingerprint density at radius 1 is 1.05 bits per heavy atom. The van der Waals surface area contributed by atoms with Gasteiger partial charge in [0.05, 0.1) is 5.31 Å². The van der Waals surface area contributed by atoms with Crippen LogP contribution in [0.5, 0.6) is 0 Å². The second-order valence-electron chi connectivity index (χ2n) is 5.65. The minimum absolute atomic E-state index is 0.00656. The zero-order valence-electron chi connectivity index (χ0n) is 12.1. The van der Waals surface area contributed by atoms with E-state index in [-0.39, 0.29) is 5.66 Å². The molecule has 1 heterocycles. The standard InChI is InChI=1S/C18H19O2P/c1-14-12-17(19)18(16-10-6-3-7-11-16)21(14,20)13-15-8-4-2-5-9-15/h2-11,14,19H,12-13H2,1H3/t14-,21+/m1/s1. The molecule has 1 aliphatic heterocycles. The number of aliphatic hydroxyl groups excluding tert-OH is 1. The maximum atomic E-state index is 13.6. The molecule has 3 rings (SSSR count).